The van der Waals surface area contributed by atoms with Crippen LogP contribution in [-0.4, -0.2) is 43.5 Å². The maximum absolute atomic E-state index is 8.33. The molecule has 12 nitrogen and oxygen atoms in total. The zero-order valence-corrected chi connectivity index (χ0v) is 8.44. The lowest BCUT2D eigenvalue weighted by Gasteiger charge is -1.83. The van der Waals surface area contributed by atoms with Crippen molar-refractivity contribution in [2.24, 2.45) is 20.5 Å². The van der Waals surface area contributed by atoms with E-state index < -0.39 is 0 Å². The van der Waals surface area contributed by atoms with E-state index in [1.807, 2.05) is 0 Å². The lowest BCUT2D eigenvalue weighted by Crippen LogP contribution is -1.81. The molecule has 2 N–H and O–H groups in total. The highest BCUT2D eigenvalue weighted by molar-refractivity contribution is 5.82. The molecule has 0 radical (unpaired) electrons. The van der Waals surface area contributed by atoms with Crippen LogP contribution in [0.5, 0.6) is 0 Å². The monoisotopic (exact) mass is 252 g/mol. The van der Waals surface area contributed by atoms with Gasteiger partial charge >= 0.3 is 0 Å². The van der Waals surface area contributed by atoms with E-state index in [1.165, 1.54) is 0 Å². The third-order valence-corrected chi connectivity index (χ3v) is 1.59. The molecule has 0 unspecified atom stereocenters. The Balaban J connectivity index is 2.24. The Morgan fingerprint density at radius 3 is 1.61 bits per heavy atom. The van der Waals surface area contributed by atoms with E-state index in [4.69, 9.17) is 10.4 Å². The molecule has 0 aliphatic carbocycles. The first-order valence-electron chi connectivity index (χ1n) is 4.27. The van der Waals surface area contributed by atoms with Crippen LogP contribution in [0.3, 0.4) is 0 Å². The zero-order chi connectivity index (χ0) is 12.8. The first-order valence-corrected chi connectivity index (χ1v) is 4.27. The Bertz CT molecular complexity index is 546. The molecule has 0 aliphatic heterocycles. The van der Waals surface area contributed by atoms with Gasteiger partial charge in [0.05, 0.1) is 12.4 Å². The predicted octanol–water partition coefficient (Wildman–Crippen LogP) is 0.484. The van der Waals surface area contributed by atoms with Gasteiger partial charge in [-0.05, 0) is 20.6 Å². The standard InChI is InChI=1S/C6H4N8O4/c15-7-1-3-5(13-17-11-3)9-10-6-4(2-8-16)12-18-14-6/h1-2,15-16H. The van der Waals surface area contributed by atoms with Gasteiger partial charge in [-0.2, -0.15) is 0 Å². The fourth-order valence-corrected chi connectivity index (χ4v) is 0.887. The first-order chi connectivity index (χ1) is 8.85. The maximum atomic E-state index is 8.33. The molecule has 92 valence electrons. The normalized spacial score (nSPS) is 12.2. The molecular weight excluding hydrogens is 248 g/mol. The topological polar surface area (TPSA) is 168 Å². The molecule has 0 saturated heterocycles. The van der Waals surface area contributed by atoms with Crippen LogP contribution in [0.2, 0.25) is 0 Å². The van der Waals surface area contributed by atoms with Crippen LogP contribution in [0.4, 0.5) is 11.6 Å². The van der Waals surface area contributed by atoms with Gasteiger partial charge in [-0.1, -0.05) is 10.3 Å². The van der Waals surface area contributed by atoms with Crippen molar-refractivity contribution < 1.29 is 19.7 Å². The lowest BCUT2D eigenvalue weighted by molar-refractivity contribution is 0.304. The molecule has 0 amide bonds. The van der Waals surface area contributed by atoms with Crippen molar-refractivity contribution in [3.05, 3.63) is 11.4 Å². The minimum absolute atomic E-state index is 0.0392. The zero-order valence-electron chi connectivity index (χ0n) is 8.44. The van der Waals surface area contributed by atoms with Gasteiger partial charge < -0.3 is 10.4 Å². The molecule has 0 spiro atoms. The van der Waals surface area contributed by atoms with Crippen LogP contribution in [0, 0.1) is 0 Å². The van der Waals surface area contributed by atoms with Gasteiger partial charge in [-0.3, -0.25) is 0 Å². The molecule has 12 heteroatoms. The van der Waals surface area contributed by atoms with E-state index in [0.717, 1.165) is 12.4 Å². The van der Waals surface area contributed by atoms with Gasteiger partial charge in [-0.25, -0.2) is 9.26 Å². The second-order valence-electron chi connectivity index (χ2n) is 2.64. The van der Waals surface area contributed by atoms with Gasteiger partial charge in [0.1, 0.15) is 0 Å². The fraction of sp³-hybridized carbons (Fsp3) is 0. The lowest BCUT2D eigenvalue weighted by atomic mass is 10.5. The smallest absolute Gasteiger partial charge is 0.246 e. The molecular formula is C6H4N8O4. The molecule has 2 rings (SSSR count). The number of azo groups is 1. The molecule has 0 aliphatic rings. The number of nitrogens with zero attached hydrogens (tertiary/aromatic N) is 8. The highest BCUT2D eigenvalue weighted by Crippen LogP contribution is 2.17. The van der Waals surface area contributed by atoms with Crippen molar-refractivity contribution >= 4 is 24.1 Å². The van der Waals surface area contributed by atoms with Crippen LogP contribution in [-0.2, 0) is 0 Å². The predicted molar refractivity (Wildman–Crippen MR) is 51.5 cm³/mol. The van der Waals surface area contributed by atoms with E-state index in [1.54, 1.807) is 0 Å². The molecule has 2 heterocycles. The van der Waals surface area contributed by atoms with Crippen molar-refractivity contribution in [3.63, 3.8) is 0 Å². The summed E-state index contributed by atoms with van der Waals surface area (Å²) in [7, 11) is 0. The van der Waals surface area contributed by atoms with Crippen LogP contribution in [0.15, 0.2) is 29.8 Å². The molecule has 0 saturated carbocycles. The van der Waals surface area contributed by atoms with Crippen LogP contribution in [0.1, 0.15) is 11.4 Å². The van der Waals surface area contributed by atoms with Gasteiger partial charge in [-0.15, -0.1) is 10.2 Å². The second-order valence-corrected chi connectivity index (χ2v) is 2.64. The average molecular weight is 252 g/mol. The molecule has 0 fully saturated rings. The minimum atomic E-state index is -0.0392. The minimum Gasteiger partial charge on any atom is -0.411 e. The molecule has 0 aromatic carbocycles. The number of rotatable bonds is 4. The van der Waals surface area contributed by atoms with E-state index in [0.29, 0.717) is 0 Å². The Morgan fingerprint density at radius 2 is 1.22 bits per heavy atom. The summed E-state index contributed by atoms with van der Waals surface area (Å²) in [4.78, 5) is 0. The third-order valence-electron chi connectivity index (χ3n) is 1.59. The Kier molecular flexibility index (Phi) is 3.29. The van der Waals surface area contributed by atoms with Crippen molar-refractivity contribution in [1.29, 1.82) is 0 Å². The number of hydrogen-bond acceptors (Lipinski definition) is 12. The summed E-state index contributed by atoms with van der Waals surface area (Å²) in [5, 5.41) is 43.0. The number of hydrogen-bond donors (Lipinski definition) is 2. The van der Waals surface area contributed by atoms with Gasteiger partial charge in [0.25, 0.3) is 0 Å². The first kappa shape index (κ1) is 11.3. The summed E-state index contributed by atoms with van der Waals surface area (Å²) in [6, 6.07) is 0. The van der Waals surface area contributed by atoms with Gasteiger partial charge in [0, 0.05) is 0 Å². The molecule has 2 aromatic rings. The quantitative estimate of drug-likeness (QED) is 0.342. The second kappa shape index (κ2) is 5.24. The number of aromatic nitrogens is 4. The van der Waals surface area contributed by atoms with Crippen LogP contribution < -0.4 is 0 Å². The SMILES string of the molecule is ON=Cc1nonc1N=Nc1nonc1C=NO. The van der Waals surface area contributed by atoms with Gasteiger partial charge in [0.15, 0.2) is 11.4 Å². The maximum Gasteiger partial charge on any atom is 0.246 e. The average Bonchev–Trinajstić information content (AvgIpc) is 2.97. The highest BCUT2D eigenvalue weighted by atomic mass is 16.6. The highest BCUT2D eigenvalue weighted by Gasteiger charge is 2.10. The third kappa shape index (κ3) is 2.31. The summed E-state index contributed by atoms with van der Waals surface area (Å²) in [6.45, 7) is 0. The summed E-state index contributed by atoms with van der Waals surface area (Å²) in [6.07, 6.45) is 1.92. The van der Waals surface area contributed by atoms with Crippen molar-refractivity contribution in [3.8, 4) is 0 Å². The summed E-state index contributed by atoms with van der Waals surface area (Å²) in [5.41, 5.74) is 0.130. The van der Waals surface area contributed by atoms with E-state index in [2.05, 4.69) is 50.4 Å². The van der Waals surface area contributed by atoms with Crippen LogP contribution in [0.25, 0.3) is 0 Å². The Labute approximate surface area is 97.2 Å². The van der Waals surface area contributed by atoms with Gasteiger partial charge in [0.2, 0.25) is 11.6 Å². The summed E-state index contributed by atoms with van der Waals surface area (Å²) in [5.74, 6) is -0.0784. The number of oxime groups is 2. The molecule has 0 bridgehead atoms. The molecule has 18 heavy (non-hydrogen) atoms. The fourth-order valence-electron chi connectivity index (χ4n) is 0.887. The van der Waals surface area contributed by atoms with Crippen molar-refractivity contribution in [2.45, 2.75) is 0 Å². The van der Waals surface area contributed by atoms with Crippen molar-refractivity contribution in [1.82, 2.24) is 20.6 Å². The van der Waals surface area contributed by atoms with Crippen molar-refractivity contribution in [2.75, 3.05) is 0 Å². The van der Waals surface area contributed by atoms with E-state index in [9.17, 15) is 0 Å². The molecule has 0 atom stereocenters. The van der Waals surface area contributed by atoms with Crippen LogP contribution >= 0.6 is 0 Å². The Morgan fingerprint density at radius 1 is 0.778 bits per heavy atom. The molecule has 2 aromatic heterocycles. The van der Waals surface area contributed by atoms with E-state index >= 15 is 0 Å². The van der Waals surface area contributed by atoms with E-state index in [-0.39, 0.29) is 23.0 Å². The Hall–Kier alpha value is -3.18. The summed E-state index contributed by atoms with van der Waals surface area (Å²) < 4.78 is 8.73. The largest absolute Gasteiger partial charge is 0.411 e. The summed E-state index contributed by atoms with van der Waals surface area (Å²) >= 11 is 0.